The quantitative estimate of drug-likeness (QED) is 0.580. The van der Waals surface area contributed by atoms with Crippen LogP contribution < -0.4 is 10.6 Å². The summed E-state index contributed by atoms with van der Waals surface area (Å²) in [7, 11) is 0. The van der Waals surface area contributed by atoms with Gasteiger partial charge in [0.25, 0.3) is 0 Å². The average Bonchev–Trinajstić information content (AvgIpc) is 2.24. The maximum atomic E-state index is 11.7. The van der Waals surface area contributed by atoms with Crippen LogP contribution in [0.5, 0.6) is 0 Å². The topological polar surface area (TPSA) is 53.6 Å². The lowest BCUT2D eigenvalue weighted by Crippen LogP contribution is -2.58. The van der Waals surface area contributed by atoms with E-state index < -0.39 is 0 Å². The van der Waals surface area contributed by atoms with Crippen LogP contribution in [0.3, 0.4) is 0 Å². The third-order valence-electron chi connectivity index (χ3n) is 3.12. The van der Waals surface area contributed by atoms with E-state index in [-0.39, 0.29) is 12.0 Å². The minimum absolute atomic E-state index is 0.119. The van der Waals surface area contributed by atoms with Gasteiger partial charge in [-0.05, 0) is 26.8 Å². The summed E-state index contributed by atoms with van der Waals surface area (Å²) in [5, 5.41) is 6.17. The number of hydrogen-bond donors (Lipinski definition) is 2. The highest BCUT2D eigenvalue weighted by atomic mass is 16.5. The highest BCUT2D eigenvalue weighted by Crippen LogP contribution is 2.03. The minimum Gasteiger partial charge on any atom is -0.379 e. The first-order valence-corrected chi connectivity index (χ1v) is 6.96. The fourth-order valence-corrected chi connectivity index (χ4v) is 1.89. The van der Waals surface area contributed by atoms with E-state index in [1.54, 1.807) is 0 Å². The van der Waals surface area contributed by atoms with Gasteiger partial charge in [-0.2, -0.15) is 0 Å². The Morgan fingerprint density at radius 3 is 2.72 bits per heavy atom. The predicted octanol–water partition coefficient (Wildman–Crippen LogP) is 0.211. The highest BCUT2D eigenvalue weighted by molar-refractivity contribution is 5.78. The average molecular weight is 257 g/mol. The smallest absolute Gasteiger partial charge is 0.234 e. The molecule has 1 aliphatic rings. The molecule has 1 rings (SSSR count). The van der Waals surface area contributed by atoms with Gasteiger partial charge in [0.2, 0.25) is 5.91 Å². The summed E-state index contributed by atoms with van der Waals surface area (Å²) in [6, 6.07) is 0.532. The highest BCUT2D eigenvalue weighted by Gasteiger charge is 2.24. The number of amides is 1. The molecule has 5 heteroatoms. The van der Waals surface area contributed by atoms with Gasteiger partial charge >= 0.3 is 0 Å². The molecule has 0 aromatic carbocycles. The molecular weight excluding hydrogens is 230 g/mol. The lowest BCUT2D eigenvalue weighted by Gasteiger charge is -2.37. The zero-order chi connectivity index (χ0) is 13.4. The largest absolute Gasteiger partial charge is 0.379 e. The molecular formula is C13H27N3O2. The van der Waals surface area contributed by atoms with Crippen LogP contribution in [0.1, 0.15) is 27.2 Å². The number of likely N-dealkylation sites (N-methyl/N-ethyl adjacent to an activating group) is 1. The Bertz CT molecular complexity index is 242. The minimum atomic E-state index is 0.119. The normalized spacial score (nSPS) is 16.1. The van der Waals surface area contributed by atoms with Gasteiger partial charge in [0, 0.05) is 32.3 Å². The second-order valence-electron chi connectivity index (χ2n) is 5.00. The van der Waals surface area contributed by atoms with Crippen LogP contribution >= 0.6 is 0 Å². The van der Waals surface area contributed by atoms with Crippen LogP contribution in [0.4, 0.5) is 0 Å². The zero-order valence-corrected chi connectivity index (χ0v) is 11.9. The van der Waals surface area contributed by atoms with Crippen LogP contribution in [0.25, 0.3) is 0 Å². The maximum absolute atomic E-state index is 11.7. The van der Waals surface area contributed by atoms with Crippen molar-refractivity contribution in [2.24, 2.45) is 0 Å². The Hall–Kier alpha value is -0.650. The summed E-state index contributed by atoms with van der Waals surface area (Å²) in [6.07, 6.45) is 1.14. The molecule has 1 saturated heterocycles. The lowest BCUT2D eigenvalue weighted by molar-refractivity contribution is -0.123. The third kappa shape index (κ3) is 5.80. The van der Waals surface area contributed by atoms with Crippen molar-refractivity contribution in [2.45, 2.75) is 39.3 Å². The Labute approximate surface area is 110 Å². The SMILES string of the molecule is CCN(CC(=O)NCCCOC(C)C)C1CNC1. The van der Waals surface area contributed by atoms with E-state index in [0.717, 1.165) is 26.1 Å². The molecule has 106 valence electrons. The summed E-state index contributed by atoms with van der Waals surface area (Å²) in [5.41, 5.74) is 0. The predicted molar refractivity (Wildman–Crippen MR) is 72.6 cm³/mol. The molecule has 0 aromatic rings. The van der Waals surface area contributed by atoms with Gasteiger partial charge in [-0.1, -0.05) is 6.92 Å². The van der Waals surface area contributed by atoms with E-state index in [9.17, 15) is 4.79 Å². The molecule has 1 fully saturated rings. The monoisotopic (exact) mass is 257 g/mol. The molecule has 18 heavy (non-hydrogen) atoms. The van der Waals surface area contributed by atoms with Crippen LogP contribution in [-0.2, 0) is 9.53 Å². The lowest BCUT2D eigenvalue weighted by atomic mass is 10.1. The van der Waals surface area contributed by atoms with Gasteiger partial charge in [0.1, 0.15) is 0 Å². The Morgan fingerprint density at radius 2 is 2.22 bits per heavy atom. The van der Waals surface area contributed by atoms with Crippen molar-refractivity contribution in [2.75, 3.05) is 39.3 Å². The molecule has 0 aromatic heterocycles. The van der Waals surface area contributed by atoms with Crippen molar-refractivity contribution in [1.29, 1.82) is 0 Å². The van der Waals surface area contributed by atoms with Gasteiger partial charge in [0.15, 0.2) is 0 Å². The van der Waals surface area contributed by atoms with E-state index >= 15 is 0 Å². The molecule has 0 atom stereocenters. The van der Waals surface area contributed by atoms with Crippen LogP contribution in [0.15, 0.2) is 0 Å². The first kappa shape index (κ1) is 15.4. The van der Waals surface area contributed by atoms with Gasteiger partial charge < -0.3 is 15.4 Å². The Balaban J connectivity index is 2.05. The van der Waals surface area contributed by atoms with Crippen molar-refractivity contribution in [3.8, 4) is 0 Å². The van der Waals surface area contributed by atoms with E-state index in [1.807, 2.05) is 13.8 Å². The number of rotatable bonds is 9. The van der Waals surface area contributed by atoms with Gasteiger partial charge in [0.05, 0.1) is 12.6 Å². The number of hydrogen-bond acceptors (Lipinski definition) is 4. The van der Waals surface area contributed by atoms with E-state index in [2.05, 4.69) is 22.5 Å². The molecule has 0 unspecified atom stereocenters. The number of ether oxygens (including phenoxy) is 1. The number of nitrogens with zero attached hydrogens (tertiary/aromatic N) is 1. The summed E-state index contributed by atoms with van der Waals surface area (Å²) in [4.78, 5) is 14.0. The van der Waals surface area contributed by atoms with Gasteiger partial charge in [-0.25, -0.2) is 0 Å². The third-order valence-corrected chi connectivity index (χ3v) is 3.12. The Kier molecular flexibility index (Phi) is 7.23. The van der Waals surface area contributed by atoms with Crippen molar-refractivity contribution >= 4 is 5.91 Å². The molecule has 1 aliphatic heterocycles. The second-order valence-corrected chi connectivity index (χ2v) is 5.00. The van der Waals surface area contributed by atoms with Gasteiger partial charge in [-0.3, -0.25) is 9.69 Å². The van der Waals surface area contributed by atoms with E-state index in [4.69, 9.17) is 4.74 Å². The Morgan fingerprint density at radius 1 is 1.50 bits per heavy atom. The first-order valence-electron chi connectivity index (χ1n) is 6.96. The number of carbonyl (C=O) groups excluding carboxylic acids is 1. The van der Waals surface area contributed by atoms with E-state index in [0.29, 0.717) is 25.7 Å². The molecule has 1 amide bonds. The molecule has 2 N–H and O–H groups in total. The second kappa shape index (κ2) is 8.45. The fraction of sp³-hybridized carbons (Fsp3) is 0.923. The first-order chi connectivity index (χ1) is 8.63. The van der Waals surface area contributed by atoms with E-state index in [1.165, 1.54) is 0 Å². The standard InChI is InChI=1S/C13H27N3O2/c1-4-16(12-8-14-9-12)10-13(17)15-6-5-7-18-11(2)3/h11-12,14H,4-10H2,1-3H3,(H,15,17). The molecule has 1 heterocycles. The van der Waals surface area contributed by atoms with Gasteiger partial charge in [-0.15, -0.1) is 0 Å². The molecule has 0 aliphatic carbocycles. The van der Waals surface area contributed by atoms with Crippen molar-refractivity contribution in [3.05, 3.63) is 0 Å². The van der Waals surface area contributed by atoms with Crippen molar-refractivity contribution in [1.82, 2.24) is 15.5 Å². The van der Waals surface area contributed by atoms with Crippen LogP contribution in [0, 0.1) is 0 Å². The zero-order valence-electron chi connectivity index (χ0n) is 11.9. The summed E-state index contributed by atoms with van der Waals surface area (Å²) < 4.78 is 5.42. The van der Waals surface area contributed by atoms with Crippen LogP contribution in [-0.4, -0.2) is 62.3 Å². The summed E-state index contributed by atoms with van der Waals surface area (Å²) in [5.74, 6) is 0.119. The van der Waals surface area contributed by atoms with Crippen LogP contribution in [0.2, 0.25) is 0 Å². The number of carbonyl (C=O) groups is 1. The maximum Gasteiger partial charge on any atom is 0.234 e. The molecule has 0 bridgehead atoms. The molecule has 5 nitrogen and oxygen atoms in total. The molecule has 0 saturated carbocycles. The summed E-state index contributed by atoms with van der Waals surface area (Å²) >= 11 is 0. The van der Waals surface area contributed by atoms with Crippen molar-refractivity contribution < 1.29 is 9.53 Å². The molecule has 0 spiro atoms. The van der Waals surface area contributed by atoms with Crippen molar-refractivity contribution in [3.63, 3.8) is 0 Å². The molecule has 0 radical (unpaired) electrons. The summed E-state index contributed by atoms with van der Waals surface area (Å²) in [6.45, 7) is 11.0. The number of nitrogens with one attached hydrogen (secondary N) is 2. The fourth-order valence-electron chi connectivity index (χ4n) is 1.89.